The van der Waals surface area contributed by atoms with Crippen LogP contribution >= 0.6 is 0 Å². The predicted octanol–water partition coefficient (Wildman–Crippen LogP) is 1.18. The molecular weight excluding hydrogens is 126 g/mol. The Morgan fingerprint density at radius 2 is 2.50 bits per heavy atom. The van der Waals surface area contributed by atoms with Crippen LogP contribution in [-0.4, -0.2) is 15.0 Å². The molecule has 0 aromatic carbocycles. The molecule has 1 aromatic heterocycles. The zero-order chi connectivity index (χ0) is 6.97. The van der Waals surface area contributed by atoms with Crippen LogP contribution in [0, 0.1) is 0 Å². The van der Waals surface area contributed by atoms with Crippen LogP contribution in [0.15, 0.2) is 6.20 Å². The van der Waals surface area contributed by atoms with Crippen LogP contribution in [0.25, 0.3) is 0 Å². The van der Waals surface area contributed by atoms with Gasteiger partial charge >= 0.3 is 0 Å². The fourth-order valence-corrected chi connectivity index (χ4v) is 0.993. The number of rotatable bonds is 2. The number of aryl methyl sites for hydroxylation is 1. The average Bonchev–Trinajstić information content (AvgIpc) is 2.70. The van der Waals surface area contributed by atoms with E-state index >= 15 is 0 Å². The van der Waals surface area contributed by atoms with Crippen molar-refractivity contribution in [3.8, 4) is 0 Å². The van der Waals surface area contributed by atoms with E-state index in [1.165, 1.54) is 12.8 Å². The van der Waals surface area contributed by atoms with E-state index in [9.17, 15) is 0 Å². The SMILES string of the molecule is CCc1cn(C2CC2)nn1. The molecule has 0 bridgehead atoms. The maximum atomic E-state index is 4.02. The van der Waals surface area contributed by atoms with Gasteiger partial charge in [0.15, 0.2) is 0 Å². The third-order valence-corrected chi connectivity index (χ3v) is 1.84. The molecule has 2 rings (SSSR count). The van der Waals surface area contributed by atoms with Crippen molar-refractivity contribution in [2.75, 3.05) is 0 Å². The molecule has 0 atom stereocenters. The Bertz CT molecular complexity index is 225. The van der Waals surface area contributed by atoms with Crippen molar-refractivity contribution in [2.45, 2.75) is 32.2 Å². The van der Waals surface area contributed by atoms with Crippen LogP contribution in [0.2, 0.25) is 0 Å². The maximum absolute atomic E-state index is 4.02. The quantitative estimate of drug-likeness (QED) is 0.612. The van der Waals surface area contributed by atoms with Crippen molar-refractivity contribution in [3.63, 3.8) is 0 Å². The Hall–Kier alpha value is -0.860. The smallest absolute Gasteiger partial charge is 0.0824 e. The topological polar surface area (TPSA) is 30.7 Å². The molecule has 10 heavy (non-hydrogen) atoms. The zero-order valence-corrected chi connectivity index (χ0v) is 6.12. The van der Waals surface area contributed by atoms with Crippen molar-refractivity contribution in [3.05, 3.63) is 11.9 Å². The third kappa shape index (κ3) is 0.916. The summed E-state index contributed by atoms with van der Waals surface area (Å²) in [5.74, 6) is 0. The molecule has 0 unspecified atom stereocenters. The molecule has 0 saturated heterocycles. The highest BCUT2D eigenvalue weighted by molar-refractivity contribution is 4.94. The van der Waals surface area contributed by atoms with Crippen LogP contribution in [-0.2, 0) is 6.42 Å². The van der Waals surface area contributed by atoms with Gasteiger partial charge in [-0.25, -0.2) is 4.68 Å². The van der Waals surface area contributed by atoms with Crippen molar-refractivity contribution in [1.29, 1.82) is 0 Å². The molecule has 0 radical (unpaired) electrons. The van der Waals surface area contributed by atoms with Crippen molar-refractivity contribution in [1.82, 2.24) is 15.0 Å². The van der Waals surface area contributed by atoms with Gasteiger partial charge in [0.2, 0.25) is 0 Å². The molecule has 54 valence electrons. The summed E-state index contributed by atoms with van der Waals surface area (Å²) in [6.07, 6.45) is 5.61. The number of nitrogens with zero attached hydrogens (tertiary/aromatic N) is 3. The molecule has 0 aliphatic heterocycles. The summed E-state index contributed by atoms with van der Waals surface area (Å²) in [5.41, 5.74) is 1.10. The number of aromatic nitrogens is 3. The first-order valence-electron chi connectivity index (χ1n) is 3.81. The van der Waals surface area contributed by atoms with Crippen molar-refractivity contribution in [2.24, 2.45) is 0 Å². The lowest BCUT2D eigenvalue weighted by molar-refractivity contribution is 0.610. The van der Waals surface area contributed by atoms with Gasteiger partial charge in [0.25, 0.3) is 0 Å². The van der Waals surface area contributed by atoms with E-state index in [1.807, 2.05) is 4.68 Å². The van der Waals surface area contributed by atoms with Gasteiger partial charge in [-0.1, -0.05) is 12.1 Å². The Morgan fingerprint density at radius 1 is 1.70 bits per heavy atom. The molecule has 3 heteroatoms. The Labute approximate surface area is 60.0 Å². The standard InChI is InChI=1S/C7H11N3/c1-2-6-5-10(9-8-6)7-3-4-7/h5,7H,2-4H2,1H3. The van der Waals surface area contributed by atoms with E-state index in [0.29, 0.717) is 6.04 Å². The number of hydrogen-bond acceptors (Lipinski definition) is 2. The first kappa shape index (κ1) is 5.89. The van der Waals surface area contributed by atoms with E-state index in [2.05, 4.69) is 23.4 Å². The second kappa shape index (κ2) is 2.08. The molecular formula is C7H11N3. The summed E-state index contributed by atoms with van der Waals surface area (Å²) in [7, 11) is 0. The lowest BCUT2D eigenvalue weighted by atomic mass is 10.4. The van der Waals surface area contributed by atoms with Gasteiger partial charge in [0.05, 0.1) is 11.7 Å². The minimum absolute atomic E-state index is 0.674. The van der Waals surface area contributed by atoms with Gasteiger partial charge < -0.3 is 0 Å². The van der Waals surface area contributed by atoms with Crippen LogP contribution in [0.4, 0.5) is 0 Å². The van der Waals surface area contributed by atoms with Crippen LogP contribution in [0.3, 0.4) is 0 Å². The molecule has 0 N–H and O–H groups in total. The fourth-order valence-electron chi connectivity index (χ4n) is 0.993. The van der Waals surface area contributed by atoms with Crippen molar-refractivity contribution >= 4 is 0 Å². The Kier molecular flexibility index (Phi) is 1.22. The highest BCUT2D eigenvalue weighted by Gasteiger charge is 2.24. The predicted molar refractivity (Wildman–Crippen MR) is 37.7 cm³/mol. The zero-order valence-electron chi connectivity index (χ0n) is 6.12. The van der Waals surface area contributed by atoms with E-state index in [1.54, 1.807) is 0 Å². The average molecular weight is 137 g/mol. The summed E-state index contributed by atoms with van der Waals surface area (Å²) in [5, 5.41) is 8.02. The van der Waals surface area contributed by atoms with Crippen LogP contribution < -0.4 is 0 Å². The van der Waals surface area contributed by atoms with Gasteiger partial charge in [-0.05, 0) is 19.3 Å². The van der Waals surface area contributed by atoms with Gasteiger partial charge in [-0.3, -0.25) is 0 Å². The maximum Gasteiger partial charge on any atom is 0.0824 e. The van der Waals surface area contributed by atoms with E-state index in [4.69, 9.17) is 0 Å². The molecule has 0 amide bonds. The first-order valence-corrected chi connectivity index (χ1v) is 3.81. The monoisotopic (exact) mass is 137 g/mol. The van der Waals surface area contributed by atoms with Crippen LogP contribution in [0.5, 0.6) is 0 Å². The van der Waals surface area contributed by atoms with Gasteiger partial charge in [0.1, 0.15) is 0 Å². The lowest BCUT2D eigenvalue weighted by Gasteiger charge is -1.89. The minimum Gasteiger partial charge on any atom is -0.249 e. The highest BCUT2D eigenvalue weighted by Crippen LogP contribution is 2.33. The normalized spacial score (nSPS) is 17.7. The summed E-state index contributed by atoms with van der Waals surface area (Å²) in [4.78, 5) is 0. The molecule has 1 aliphatic carbocycles. The first-order chi connectivity index (χ1) is 4.90. The molecule has 1 heterocycles. The molecule has 0 spiro atoms. The summed E-state index contributed by atoms with van der Waals surface area (Å²) < 4.78 is 1.98. The van der Waals surface area contributed by atoms with Gasteiger partial charge in [0, 0.05) is 6.20 Å². The highest BCUT2D eigenvalue weighted by atomic mass is 15.4. The van der Waals surface area contributed by atoms with Gasteiger partial charge in [-0.2, -0.15) is 0 Å². The molecule has 1 aliphatic rings. The summed E-state index contributed by atoms with van der Waals surface area (Å²) in [6.45, 7) is 2.10. The third-order valence-electron chi connectivity index (χ3n) is 1.84. The summed E-state index contributed by atoms with van der Waals surface area (Å²) in [6, 6.07) is 0.674. The van der Waals surface area contributed by atoms with Gasteiger partial charge in [-0.15, -0.1) is 5.10 Å². The largest absolute Gasteiger partial charge is 0.249 e. The van der Waals surface area contributed by atoms with E-state index in [0.717, 1.165) is 12.1 Å². The molecule has 3 nitrogen and oxygen atoms in total. The second-order valence-corrected chi connectivity index (χ2v) is 2.77. The molecule has 1 saturated carbocycles. The second-order valence-electron chi connectivity index (χ2n) is 2.77. The van der Waals surface area contributed by atoms with E-state index in [-0.39, 0.29) is 0 Å². The fraction of sp³-hybridized carbons (Fsp3) is 0.714. The molecule has 1 aromatic rings. The Balaban J connectivity index is 2.19. The van der Waals surface area contributed by atoms with Crippen LogP contribution in [0.1, 0.15) is 31.5 Å². The van der Waals surface area contributed by atoms with Crippen molar-refractivity contribution < 1.29 is 0 Å². The van der Waals surface area contributed by atoms with E-state index < -0.39 is 0 Å². The Morgan fingerprint density at radius 3 is 3.00 bits per heavy atom. The minimum atomic E-state index is 0.674. The number of hydrogen-bond donors (Lipinski definition) is 0. The summed E-state index contributed by atoms with van der Waals surface area (Å²) >= 11 is 0. The lowest BCUT2D eigenvalue weighted by Crippen LogP contribution is -1.92. The molecule has 1 fully saturated rings.